The Kier molecular flexibility index (Phi) is 2.41. The smallest absolute Gasteiger partial charge is 0.154 e. The number of nitrogens with zero attached hydrogens (tertiary/aromatic N) is 3. The van der Waals surface area contributed by atoms with E-state index in [0.29, 0.717) is 0 Å². The average Bonchev–Trinajstić information content (AvgIpc) is 2.58. The van der Waals surface area contributed by atoms with E-state index in [1.54, 1.807) is 12.5 Å². The standard InChI is InChI=1S/C11H14N4/c1-8(2)6-13-11-10-9(4-5-12-11)15(3)7-14-10/h4-5,7H,1,6H2,2-3H3,(H,12,13). The largest absolute Gasteiger partial charge is 0.364 e. The van der Waals surface area contributed by atoms with E-state index in [2.05, 4.69) is 21.9 Å². The van der Waals surface area contributed by atoms with E-state index in [-0.39, 0.29) is 0 Å². The van der Waals surface area contributed by atoms with Crippen LogP contribution in [0.5, 0.6) is 0 Å². The lowest BCUT2D eigenvalue weighted by molar-refractivity contribution is 0.947. The lowest BCUT2D eigenvalue weighted by Crippen LogP contribution is -2.04. The molecular formula is C11H14N4. The first-order chi connectivity index (χ1) is 7.18. The number of fused-ring (bicyclic) bond motifs is 1. The molecule has 78 valence electrons. The van der Waals surface area contributed by atoms with Crippen molar-refractivity contribution >= 4 is 16.9 Å². The highest BCUT2D eigenvalue weighted by molar-refractivity contribution is 5.85. The van der Waals surface area contributed by atoms with E-state index in [1.807, 2.05) is 24.6 Å². The minimum Gasteiger partial charge on any atom is -0.364 e. The number of aromatic nitrogens is 3. The summed E-state index contributed by atoms with van der Waals surface area (Å²) in [6, 6.07) is 1.95. The van der Waals surface area contributed by atoms with Crippen molar-refractivity contribution in [1.82, 2.24) is 14.5 Å². The molecule has 1 N–H and O–H groups in total. The van der Waals surface area contributed by atoms with Gasteiger partial charge >= 0.3 is 0 Å². The highest BCUT2D eigenvalue weighted by Crippen LogP contribution is 2.18. The van der Waals surface area contributed by atoms with Gasteiger partial charge in [0.2, 0.25) is 0 Å². The zero-order chi connectivity index (χ0) is 10.8. The summed E-state index contributed by atoms with van der Waals surface area (Å²) in [6.07, 6.45) is 3.57. The minimum absolute atomic E-state index is 0.725. The van der Waals surface area contributed by atoms with Gasteiger partial charge in [0.05, 0.1) is 11.8 Å². The SMILES string of the molecule is C=C(C)CNc1nccc2c1ncn2C. The Labute approximate surface area is 88.7 Å². The molecule has 0 aliphatic heterocycles. The number of imidazole rings is 1. The second kappa shape index (κ2) is 3.73. The highest BCUT2D eigenvalue weighted by Gasteiger charge is 2.05. The first kappa shape index (κ1) is 9.71. The lowest BCUT2D eigenvalue weighted by Gasteiger charge is -2.05. The van der Waals surface area contributed by atoms with Gasteiger partial charge in [-0.2, -0.15) is 0 Å². The molecule has 0 spiro atoms. The number of hydrogen-bond donors (Lipinski definition) is 1. The molecule has 0 atom stereocenters. The van der Waals surface area contributed by atoms with Gasteiger partial charge in [0.1, 0.15) is 5.52 Å². The van der Waals surface area contributed by atoms with Crippen LogP contribution in [-0.2, 0) is 7.05 Å². The predicted molar refractivity (Wildman–Crippen MR) is 61.8 cm³/mol. The first-order valence-corrected chi connectivity index (χ1v) is 4.83. The van der Waals surface area contributed by atoms with Gasteiger partial charge in [-0.1, -0.05) is 12.2 Å². The van der Waals surface area contributed by atoms with Gasteiger partial charge in [-0.05, 0) is 13.0 Å². The molecule has 0 bridgehead atoms. The molecule has 0 saturated heterocycles. The summed E-state index contributed by atoms with van der Waals surface area (Å²) in [4.78, 5) is 8.57. The number of aryl methyl sites for hydroxylation is 1. The van der Waals surface area contributed by atoms with Gasteiger partial charge in [-0.3, -0.25) is 0 Å². The first-order valence-electron chi connectivity index (χ1n) is 4.83. The third-order valence-corrected chi connectivity index (χ3v) is 2.20. The van der Waals surface area contributed by atoms with E-state index in [1.165, 1.54) is 0 Å². The Morgan fingerprint density at radius 1 is 1.53 bits per heavy atom. The summed E-state index contributed by atoms with van der Waals surface area (Å²) in [5, 5.41) is 3.21. The summed E-state index contributed by atoms with van der Waals surface area (Å²) >= 11 is 0. The molecule has 0 aromatic carbocycles. The van der Waals surface area contributed by atoms with E-state index in [0.717, 1.165) is 29.0 Å². The maximum absolute atomic E-state index is 4.30. The van der Waals surface area contributed by atoms with Crippen molar-refractivity contribution in [1.29, 1.82) is 0 Å². The molecule has 0 unspecified atom stereocenters. The van der Waals surface area contributed by atoms with Crippen LogP contribution >= 0.6 is 0 Å². The molecule has 2 aromatic heterocycles. The van der Waals surface area contributed by atoms with E-state index in [9.17, 15) is 0 Å². The molecule has 0 radical (unpaired) electrons. The second-order valence-corrected chi connectivity index (χ2v) is 3.69. The molecule has 2 rings (SSSR count). The van der Waals surface area contributed by atoms with Crippen molar-refractivity contribution in [3.05, 3.63) is 30.7 Å². The van der Waals surface area contributed by atoms with Gasteiger partial charge in [-0.25, -0.2) is 9.97 Å². The zero-order valence-electron chi connectivity index (χ0n) is 8.99. The van der Waals surface area contributed by atoms with E-state index >= 15 is 0 Å². The summed E-state index contributed by atoms with van der Waals surface area (Å²) in [5.41, 5.74) is 3.06. The Balaban J connectivity index is 2.38. The molecule has 4 nitrogen and oxygen atoms in total. The predicted octanol–water partition coefficient (Wildman–Crippen LogP) is 1.96. The van der Waals surface area contributed by atoms with Crippen molar-refractivity contribution in [2.75, 3.05) is 11.9 Å². The van der Waals surface area contributed by atoms with Crippen LogP contribution in [-0.4, -0.2) is 21.1 Å². The monoisotopic (exact) mass is 202 g/mol. The van der Waals surface area contributed by atoms with E-state index < -0.39 is 0 Å². The quantitative estimate of drug-likeness (QED) is 0.774. The van der Waals surface area contributed by atoms with Crippen LogP contribution < -0.4 is 5.32 Å². The normalized spacial score (nSPS) is 10.5. The maximum Gasteiger partial charge on any atom is 0.154 e. The number of pyridine rings is 1. The number of anilines is 1. The van der Waals surface area contributed by atoms with Crippen molar-refractivity contribution < 1.29 is 0 Å². The van der Waals surface area contributed by atoms with Crippen molar-refractivity contribution in [2.45, 2.75) is 6.92 Å². The molecule has 15 heavy (non-hydrogen) atoms. The summed E-state index contributed by atoms with van der Waals surface area (Å²) in [6.45, 7) is 6.54. The molecular weight excluding hydrogens is 188 g/mol. The Morgan fingerprint density at radius 2 is 2.33 bits per heavy atom. The van der Waals surface area contributed by atoms with Gasteiger partial charge in [0.25, 0.3) is 0 Å². The van der Waals surface area contributed by atoms with Gasteiger partial charge < -0.3 is 9.88 Å². The van der Waals surface area contributed by atoms with Crippen LogP contribution in [0.15, 0.2) is 30.7 Å². The van der Waals surface area contributed by atoms with Gasteiger partial charge in [0, 0.05) is 19.8 Å². The molecule has 0 aliphatic carbocycles. The van der Waals surface area contributed by atoms with Crippen molar-refractivity contribution in [3.8, 4) is 0 Å². The second-order valence-electron chi connectivity index (χ2n) is 3.69. The highest BCUT2D eigenvalue weighted by atomic mass is 15.1. The molecule has 0 amide bonds. The van der Waals surface area contributed by atoms with E-state index in [4.69, 9.17) is 0 Å². The molecule has 0 aliphatic rings. The number of nitrogens with one attached hydrogen (secondary N) is 1. The topological polar surface area (TPSA) is 42.7 Å². The third-order valence-electron chi connectivity index (χ3n) is 2.20. The summed E-state index contributed by atoms with van der Waals surface area (Å²) < 4.78 is 1.98. The van der Waals surface area contributed by atoms with Crippen LogP contribution in [0, 0.1) is 0 Å². The van der Waals surface area contributed by atoms with Crippen LogP contribution in [0.3, 0.4) is 0 Å². The van der Waals surface area contributed by atoms with Crippen LogP contribution in [0.1, 0.15) is 6.92 Å². The molecule has 2 heterocycles. The minimum atomic E-state index is 0.725. The fraction of sp³-hybridized carbons (Fsp3) is 0.273. The third kappa shape index (κ3) is 1.83. The Hall–Kier alpha value is -1.84. The lowest BCUT2D eigenvalue weighted by atomic mass is 10.3. The average molecular weight is 202 g/mol. The Morgan fingerprint density at radius 3 is 3.07 bits per heavy atom. The van der Waals surface area contributed by atoms with Crippen LogP contribution in [0.4, 0.5) is 5.82 Å². The molecule has 2 aromatic rings. The van der Waals surface area contributed by atoms with Crippen molar-refractivity contribution in [2.24, 2.45) is 7.05 Å². The molecule has 0 saturated carbocycles. The van der Waals surface area contributed by atoms with Crippen LogP contribution in [0.2, 0.25) is 0 Å². The number of rotatable bonds is 3. The fourth-order valence-corrected chi connectivity index (χ4v) is 1.43. The van der Waals surface area contributed by atoms with Crippen molar-refractivity contribution in [3.63, 3.8) is 0 Å². The fourth-order valence-electron chi connectivity index (χ4n) is 1.43. The zero-order valence-corrected chi connectivity index (χ0v) is 8.99. The molecule has 4 heteroatoms. The molecule has 0 fully saturated rings. The Bertz CT molecular complexity index is 498. The number of hydrogen-bond acceptors (Lipinski definition) is 3. The summed E-state index contributed by atoms with van der Waals surface area (Å²) in [5.74, 6) is 0.816. The van der Waals surface area contributed by atoms with Gasteiger partial charge in [-0.15, -0.1) is 0 Å². The van der Waals surface area contributed by atoms with Crippen LogP contribution in [0.25, 0.3) is 11.0 Å². The summed E-state index contributed by atoms with van der Waals surface area (Å²) in [7, 11) is 1.97. The maximum atomic E-state index is 4.30. The van der Waals surface area contributed by atoms with Gasteiger partial charge in [0.15, 0.2) is 5.82 Å².